The largest absolute Gasteiger partial charge is 0.466 e. The van der Waals surface area contributed by atoms with Crippen LogP contribution in [-0.2, 0) is 27.2 Å². The van der Waals surface area contributed by atoms with Crippen LogP contribution in [0.15, 0.2) is 18.2 Å². The second-order valence-electron chi connectivity index (χ2n) is 6.68. The number of ether oxygens (including phenoxy) is 1. The van der Waals surface area contributed by atoms with Gasteiger partial charge in [-0.1, -0.05) is 32.0 Å². The third-order valence-electron chi connectivity index (χ3n) is 4.91. The number of hydrogen-bond acceptors (Lipinski definition) is 3. The van der Waals surface area contributed by atoms with Crippen LogP contribution in [-0.4, -0.2) is 38.1 Å². The molecule has 25 heavy (non-hydrogen) atoms. The topological polar surface area (TPSA) is 59.8 Å². The van der Waals surface area contributed by atoms with E-state index in [4.69, 9.17) is 4.74 Å². The van der Waals surface area contributed by atoms with Crippen molar-refractivity contribution in [3.63, 3.8) is 0 Å². The van der Waals surface area contributed by atoms with E-state index >= 15 is 0 Å². The number of carbonyl (C=O) groups excluding carboxylic acids is 2. The molecular formula is C20H31N2O3+. The van der Waals surface area contributed by atoms with Gasteiger partial charge in [0.25, 0.3) is 5.91 Å². The van der Waals surface area contributed by atoms with Crippen LogP contribution >= 0.6 is 0 Å². The highest BCUT2D eigenvalue weighted by molar-refractivity contribution is 5.93. The molecular weight excluding hydrogens is 316 g/mol. The standard InChI is InChI=1S/C20H30N2O3/c1-4-15-9-7-10-16(5-2)19(15)21-18(23)14-22-12-8-11-17(13-22)20(24)25-6-3/h7,9-10,17H,4-6,8,11-14H2,1-3H3,(H,21,23)/p+1/t17-/m1/s1. The van der Waals surface area contributed by atoms with Crippen molar-refractivity contribution in [2.75, 3.05) is 31.6 Å². The maximum Gasteiger partial charge on any atom is 0.314 e. The molecule has 0 aliphatic carbocycles. The van der Waals surface area contributed by atoms with Gasteiger partial charge in [-0.05, 0) is 43.7 Å². The summed E-state index contributed by atoms with van der Waals surface area (Å²) in [4.78, 5) is 25.7. The molecule has 0 bridgehead atoms. The molecule has 0 saturated carbocycles. The normalized spacial score (nSPS) is 20.1. The molecule has 1 unspecified atom stereocenters. The molecule has 1 amide bonds. The zero-order valence-corrected chi connectivity index (χ0v) is 15.7. The molecule has 138 valence electrons. The SMILES string of the molecule is CCOC(=O)[C@@H]1CCC[NH+](CC(=O)Nc2c(CC)cccc2CC)C1. The lowest BCUT2D eigenvalue weighted by Gasteiger charge is -2.28. The second kappa shape index (κ2) is 9.56. The minimum atomic E-state index is -0.121. The predicted molar refractivity (Wildman–Crippen MR) is 98.7 cm³/mol. The Balaban J connectivity index is 1.97. The number of quaternary nitrogens is 1. The quantitative estimate of drug-likeness (QED) is 0.737. The molecule has 2 rings (SSSR count). The van der Waals surface area contributed by atoms with Crippen molar-refractivity contribution in [1.29, 1.82) is 0 Å². The molecule has 5 nitrogen and oxygen atoms in total. The van der Waals surface area contributed by atoms with Crippen molar-refractivity contribution in [3.05, 3.63) is 29.3 Å². The van der Waals surface area contributed by atoms with Crippen LogP contribution in [0.25, 0.3) is 0 Å². The Morgan fingerprint density at radius 3 is 2.48 bits per heavy atom. The summed E-state index contributed by atoms with van der Waals surface area (Å²) in [5, 5.41) is 3.12. The summed E-state index contributed by atoms with van der Waals surface area (Å²) in [5.74, 6) is -0.176. The molecule has 1 saturated heterocycles. The molecule has 1 heterocycles. The number of anilines is 1. The maximum atomic E-state index is 12.6. The van der Waals surface area contributed by atoms with Crippen LogP contribution in [0.1, 0.15) is 44.7 Å². The van der Waals surface area contributed by atoms with E-state index in [9.17, 15) is 9.59 Å². The smallest absolute Gasteiger partial charge is 0.314 e. The van der Waals surface area contributed by atoms with Crippen LogP contribution in [0, 0.1) is 5.92 Å². The lowest BCUT2D eigenvalue weighted by atomic mass is 9.98. The van der Waals surface area contributed by atoms with Crippen molar-refractivity contribution in [2.24, 2.45) is 5.92 Å². The fourth-order valence-corrected chi connectivity index (χ4v) is 3.59. The molecule has 0 spiro atoms. The first-order valence-corrected chi connectivity index (χ1v) is 9.49. The molecule has 2 N–H and O–H groups in total. The van der Waals surface area contributed by atoms with E-state index in [0.29, 0.717) is 19.7 Å². The minimum absolute atomic E-state index is 0.0232. The molecule has 5 heteroatoms. The average molecular weight is 347 g/mol. The van der Waals surface area contributed by atoms with Crippen molar-refractivity contribution in [3.8, 4) is 0 Å². The van der Waals surface area contributed by atoms with E-state index in [2.05, 4.69) is 31.3 Å². The lowest BCUT2D eigenvalue weighted by molar-refractivity contribution is -0.899. The third-order valence-corrected chi connectivity index (χ3v) is 4.91. The highest BCUT2D eigenvalue weighted by atomic mass is 16.5. The zero-order chi connectivity index (χ0) is 18.2. The van der Waals surface area contributed by atoms with E-state index in [0.717, 1.165) is 42.8 Å². The van der Waals surface area contributed by atoms with Crippen molar-refractivity contribution < 1.29 is 19.2 Å². The Labute approximate surface area is 150 Å². The Morgan fingerprint density at radius 1 is 1.20 bits per heavy atom. The van der Waals surface area contributed by atoms with Gasteiger partial charge in [-0.15, -0.1) is 0 Å². The molecule has 1 aliphatic heterocycles. The first kappa shape index (κ1) is 19.4. The summed E-state index contributed by atoms with van der Waals surface area (Å²) in [6.07, 6.45) is 3.61. The summed E-state index contributed by atoms with van der Waals surface area (Å²) in [6, 6.07) is 6.19. The van der Waals surface area contributed by atoms with Crippen molar-refractivity contribution in [1.82, 2.24) is 0 Å². The molecule has 0 radical (unpaired) electrons. The zero-order valence-electron chi connectivity index (χ0n) is 15.7. The predicted octanol–water partition coefficient (Wildman–Crippen LogP) is 1.61. The Morgan fingerprint density at radius 2 is 1.88 bits per heavy atom. The summed E-state index contributed by atoms with van der Waals surface area (Å²) in [6.45, 7) is 8.46. The number of amides is 1. The molecule has 1 aromatic carbocycles. The van der Waals surface area contributed by atoms with Crippen LogP contribution < -0.4 is 10.2 Å². The van der Waals surface area contributed by atoms with E-state index in [1.807, 2.05) is 13.0 Å². The molecule has 1 aromatic rings. The van der Waals surface area contributed by atoms with Gasteiger partial charge in [0, 0.05) is 5.69 Å². The minimum Gasteiger partial charge on any atom is -0.466 e. The monoisotopic (exact) mass is 347 g/mol. The summed E-state index contributed by atoms with van der Waals surface area (Å²) in [7, 11) is 0. The van der Waals surface area contributed by atoms with E-state index < -0.39 is 0 Å². The van der Waals surface area contributed by atoms with E-state index in [1.165, 1.54) is 11.1 Å². The first-order chi connectivity index (χ1) is 12.1. The van der Waals surface area contributed by atoms with Gasteiger partial charge in [0.1, 0.15) is 5.92 Å². The average Bonchev–Trinajstić information content (AvgIpc) is 2.62. The van der Waals surface area contributed by atoms with Crippen LogP contribution in [0.4, 0.5) is 5.69 Å². The number of hydrogen-bond donors (Lipinski definition) is 2. The Kier molecular flexibility index (Phi) is 7.44. The van der Waals surface area contributed by atoms with Crippen molar-refractivity contribution >= 4 is 17.6 Å². The van der Waals surface area contributed by atoms with Gasteiger partial charge >= 0.3 is 5.97 Å². The van der Waals surface area contributed by atoms with Gasteiger partial charge in [0.05, 0.1) is 19.7 Å². The number of aryl methyl sites for hydroxylation is 2. The Bertz CT molecular complexity index is 578. The Hall–Kier alpha value is -1.88. The van der Waals surface area contributed by atoms with Gasteiger partial charge in [0.15, 0.2) is 6.54 Å². The van der Waals surface area contributed by atoms with Gasteiger partial charge in [-0.3, -0.25) is 9.59 Å². The third kappa shape index (κ3) is 5.30. The fourth-order valence-electron chi connectivity index (χ4n) is 3.59. The summed E-state index contributed by atoms with van der Waals surface area (Å²) < 4.78 is 5.14. The first-order valence-electron chi connectivity index (χ1n) is 9.49. The number of nitrogens with one attached hydrogen (secondary N) is 2. The van der Waals surface area contributed by atoms with Crippen LogP contribution in [0.2, 0.25) is 0 Å². The van der Waals surface area contributed by atoms with Gasteiger partial charge in [0.2, 0.25) is 0 Å². The van der Waals surface area contributed by atoms with Crippen LogP contribution in [0.5, 0.6) is 0 Å². The number of para-hydroxylation sites is 1. The van der Waals surface area contributed by atoms with Crippen LogP contribution in [0.3, 0.4) is 0 Å². The molecule has 2 atom stereocenters. The summed E-state index contributed by atoms with van der Waals surface area (Å²) in [5.41, 5.74) is 3.31. The second-order valence-corrected chi connectivity index (χ2v) is 6.68. The highest BCUT2D eigenvalue weighted by Gasteiger charge is 2.30. The highest BCUT2D eigenvalue weighted by Crippen LogP contribution is 2.22. The number of piperidine rings is 1. The maximum absolute atomic E-state index is 12.6. The van der Waals surface area contributed by atoms with Gasteiger partial charge in [-0.2, -0.15) is 0 Å². The van der Waals surface area contributed by atoms with Gasteiger partial charge < -0.3 is 15.0 Å². The van der Waals surface area contributed by atoms with Crippen molar-refractivity contribution in [2.45, 2.75) is 46.5 Å². The molecule has 1 fully saturated rings. The number of rotatable bonds is 7. The fraction of sp³-hybridized carbons (Fsp3) is 0.600. The van der Waals surface area contributed by atoms with Gasteiger partial charge in [-0.25, -0.2) is 0 Å². The number of carbonyl (C=O) groups is 2. The van der Waals surface area contributed by atoms with E-state index in [1.54, 1.807) is 0 Å². The van der Waals surface area contributed by atoms with E-state index in [-0.39, 0.29) is 17.8 Å². The summed E-state index contributed by atoms with van der Waals surface area (Å²) >= 11 is 0. The number of benzene rings is 1. The molecule has 1 aliphatic rings. The number of likely N-dealkylation sites (tertiary alicyclic amines) is 1. The number of esters is 1. The lowest BCUT2D eigenvalue weighted by Crippen LogP contribution is -3.14. The molecule has 0 aromatic heterocycles.